The van der Waals surface area contributed by atoms with E-state index in [9.17, 15) is 13.2 Å². The van der Waals surface area contributed by atoms with Crippen LogP contribution in [0.5, 0.6) is 0 Å². The topological polar surface area (TPSA) is 48.9 Å². The van der Waals surface area contributed by atoms with E-state index in [1.165, 1.54) is 5.57 Å². The molecule has 0 aliphatic carbocycles. The molecule has 0 aromatic heterocycles. The SMILES string of the molecule is CN=C(NCCC1=CCOCC1)NC1CCN(Cc2ccc(C(F)(F)F)cc2)C1. The van der Waals surface area contributed by atoms with Crippen LogP contribution >= 0.6 is 0 Å². The Hall–Kier alpha value is -2.06. The van der Waals surface area contributed by atoms with Crippen molar-refractivity contribution in [1.29, 1.82) is 0 Å². The number of nitrogens with zero attached hydrogens (tertiary/aromatic N) is 2. The number of nitrogens with one attached hydrogen (secondary N) is 2. The van der Waals surface area contributed by atoms with E-state index >= 15 is 0 Å². The van der Waals surface area contributed by atoms with Gasteiger partial charge in [-0.1, -0.05) is 23.8 Å². The molecule has 2 heterocycles. The predicted octanol–water partition coefficient (Wildman–Crippen LogP) is 3.18. The van der Waals surface area contributed by atoms with Gasteiger partial charge in [-0.3, -0.25) is 9.89 Å². The summed E-state index contributed by atoms with van der Waals surface area (Å²) in [6.45, 7) is 4.73. The monoisotopic (exact) mass is 410 g/mol. The first-order chi connectivity index (χ1) is 13.9. The van der Waals surface area contributed by atoms with Gasteiger partial charge >= 0.3 is 6.18 Å². The Bertz CT molecular complexity index is 716. The summed E-state index contributed by atoms with van der Waals surface area (Å²) in [6.07, 6.45) is 0.816. The summed E-state index contributed by atoms with van der Waals surface area (Å²) in [5, 5.41) is 6.81. The van der Waals surface area contributed by atoms with E-state index < -0.39 is 11.7 Å². The number of aliphatic imine (C=N–C) groups is 1. The van der Waals surface area contributed by atoms with Gasteiger partial charge in [0.05, 0.1) is 18.8 Å². The second-order valence-corrected chi connectivity index (χ2v) is 7.50. The molecular weight excluding hydrogens is 381 g/mol. The maximum absolute atomic E-state index is 12.7. The average Bonchev–Trinajstić information content (AvgIpc) is 3.14. The Balaban J connectivity index is 1.40. The van der Waals surface area contributed by atoms with Crippen molar-refractivity contribution < 1.29 is 17.9 Å². The zero-order chi connectivity index (χ0) is 20.7. The third-order valence-electron chi connectivity index (χ3n) is 5.32. The molecular formula is C21H29F3N4O. The first kappa shape index (κ1) is 21.6. The summed E-state index contributed by atoms with van der Waals surface area (Å²) in [4.78, 5) is 6.55. The first-order valence-corrected chi connectivity index (χ1v) is 10.1. The van der Waals surface area contributed by atoms with Gasteiger partial charge in [0.25, 0.3) is 0 Å². The van der Waals surface area contributed by atoms with Gasteiger partial charge in [0.15, 0.2) is 5.96 Å². The van der Waals surface area contributed by atoms with E-state index in [2.05, 4.69) is 26.6 Å². The van der Waals surface area contributed by atoms with Crippen molar-refractivity contribution in [2.24, 2.45) is 4.99 Å². The highest BCUT2D eigenvalue weighted by molar-refractivity contribution is 5.80. The number of guanidine groups is 1. The second-order valence-electron chi connectivity index (χ2n) is 7.50. The van der Waals surface area contributed by atoms with Crippen LogP contribution in [0.25, 0.3) is 0 Å². The van der Waals surface area contributed by atoms with Gasteiger partial charge in [-0.25, -0.2) is 0 Å². The number of hydrogen-bond donors (Lipinski definition) is 2. The van der Waals surface area contributed by atoms with Gasteiger partial charge in [-0.2, -0.15) is 13.2 Å². The maximum Gasteiger partial charge on any atom is 0.416 e. The Kier molecular flexibility index (Phi) is 7.55. The number of hydrogen-bond acceptors (Lipinski definition) is 3. The minimum Gasteiger partial charge on any atom is -0.377 e. The molecule has 1 atom stereocenters. The third kappa shape index (κ3) is 6.75. The molecule has 8 heteroatoms. The van der Waals surface area contributed by atoms with E-state index in [1.807, 2.05) is 0 Å². The molecule has 3 rings (SSSR count). The van der Waals surface area contributed by atoms with Gasteiger partial charge in [-0.15, -0.1) is 0 Å². The molecule has 1 unspecified atom stereocenters. The van der Waals surface area contributed by atoms with E-state index in [0.717, 1.165) is 69.2 Å². The smallest absolute Gasteiger partial charge is 0.377 e. The zero-order valence-electron chi connectivity index (χ0n) is 16.8. The minimum absolute atomic E-state index is 0.276. The van der Waals surface area contributed by atoms with Crippen molar-refractivity contribution in [3.05, 3.63) is 47.0 Å². The molecule has 1 fully saturated rings. The van der Waals surface area contributed by atoms with E-state index in [4.69, 9.17) is 4.74 Å². The first-order valence-electron chi connectivity index (χ1n) is 10.1. The number of rotatable bonds is 6. The van der Waals surface area contributed by atoms with Gasteiger partial charge < -0.3 is 15.4 Å². The Morgan fingerprint density at radius 1 is 1.28 bits per heavy atom. The van der Waals surface area contributed by atoms with E-state index in [1.54, 1.807) is 19.2 Å². The van der Waals surface area contributed by atoms with Crippen LogP contribution < -0.4 is 10.6 Å². The molecule has 2 aliphatic rings. The molecule has 1 aromatic carbocycles. The fraction of sp³-hybridized carbons (Fsp3) is 0.571. The zero-order valence-corrected chi connectivity index (χ0v) is 16.8. The van der Waals surface area contributed by atoms with Crippen molar-refractivity contribution in [2.45, 2.75) is 38.0 Å². The molecule has 0 bridgehead atoms. The molecule has 1 saturated heterocycles. The van der Waals surface area contributed by atoms with Crippen LogP contribution in [-0.4, -0.2) is 56.8 Å². The van der Waals surface area contributed by atoms with Crippen molar-refractivity contribution >= 4 is 5.96 Å². The average molecular weight is 410 g/mol. The lowest BCUT2D eigenvalue weighted by Crippen LogP contribution is -2.44. The molecule has 29 heavy (non-hydrogen) atoms. The quantitative estimate of drug-likeness (QED) is 0.430. The highest BCUT2D eigenvalue weighted by Gasteiger charge is 2.30. The number of likely N-dealkylation sites (tertiary alicyclic amines) is 1. The summed E-state index contributed by atoms with van der Waals surface area (Å²) in [5.41, 5.74) is 1.71. The fourth-order valence-electron chi connectivity index (χ4n) is 3.67. The normalized spacial score (nSPS) is 21.2. The lowest BCUT2D eigenvalue weighted by atomic mass is 10.1. The molecule has 0 amide bonds. The Labute approximate surface area is 170 Å². The highest BCUT2D eigenvalue weighted by atomic mass is 19.4. The van der Waals surface area contributed by atoms with Gasteiger partial charge in [0.2, 0.25) is 0 Å². The molecule has 160 valence electrons. The summed E-state index contributed by atoms with van der Waals surface area (Å²) < 4.78 is 43.4. The molecule has 0 spiro atoms. The predicted molar refractivity (Wildman–Crippen MR) is 108 cm³/mol. The highest BCUT2D eigenvalue weighted by Crippen LogP contribution is 2.29. The summed E-state index contributed by atoms with van der Waals surface area (Å²) in [7, 11) is 1.76. The summed E-state index contributed by atoms with van der Waals surface area (Å²) >= 11 is 0. The van der Waals surface area contributed by atoms with Crippen LogP contribution in [0.3, 0.4) is 0 Å². The second kappa shape index (κ2) is 10.1. The van der Waals surface area contributed by atoms with Crippen LogP contribution in [0, 0.1) is 0 Å². The number of benzene rings is 1. The lowest BCUT2D eigenvalue weighted by Gasteiger charge is -2.20. The summed E-state index contributed by atoms with van der Waals surface area (Å²) in [6, 6.07) is 5.71. The van der Waals surface area contributed by atoms with Gasteiger partial charge in [0.1, 0.15) is 0 Å². The van der Waals surface area contributed by atoms with Crippen LogP contribution in [-0.2, 0) is 17.5 Å². The summed E-state index contributed by atoms with van der Waals surface area (Å²) in [5.74, 6) is 0.791. The molecule has 2 aliphatic heterocycles. The van der Waals surface area contributed by atoms with Crippen molar-refractivity contribution in [3.63, 3.8) is 0 Å². The number of ether oxygens (including phenoxy) is 1. The molecule has 2 N–H and O–H groups in total. The van der Waals surface area contributed by atoms with Crippen molar-refractivity contribution in [2.75, 3.05) is 39.9 Å². The van der Waals surface area contributed by atoms with Gasteiger partial charge in [-0.05, 0) is 37.0 Å². The molecule has 1 aromatic rings. The maximum atomic E-state index is 12.7. The standard InChI is InChI=1S/C21H29F3N4O/c1-25-20(26-10-6-16-8-12-29-13-9-16)27-19-7-11-28(15-19)14-17-2-4-18(5-3-17)21(22,23)24/h2-5,8,19H,6-7,9-15H2,1H3,(H2,25,26,27). The minimum atomic E-state index is -4.29. The third-order valence-corrected chi connectivity index (χ3v) is 5.32. The molecule has 5 nitrogen and oxygen atoms in total. The van der Waals surface area contributed by atoms with Crippen LogP contribution in [0.4, 0.5) is 13.2 Å². The van der Waals surface area contributed by atoms with Crippen LogP contribution in [0.1, 0.15) is 30.4 Å². The molecule has 0 saturated carbocycles. The van der Waals surface area contributed by atoms with E-state index in [0.29, 0.717) is 13.2 Å². The van der Waals surface area contributed by atoms with Crippen molar-refractivity contribution in [3.8, 4) is 0 Å². The largest absolute Gasteiger partial charge is 0.416 e. The van der Waals surface area contributed by atoms with Gasteiger partial charge in [0, 0.05) is 39.3 Å². The van der Waals surface area contributed by atoms with E-state index in [-0.39, 0.29) is 6.04 Å². The van der Waals surface area contributed by atoms with Crippen LogP contribution in [0.15, 0.2) is 40.9 Å². The Morgan fingerprint density at radius 3 is 2.72 bits per heavy atom. The number of alkyl halides is 3. The lowest BCUT2D eigenvalue weighted by molar-refractivity contribution is -0.137. The van der Waals surface area contributed by atoms with Crippen molar-refractivity contribution in [1.82, 2.24) is 15.5 Å². The molecule has 0 radical (unpaired) electrons. The fourth-order valence-corrected chi connectivity index (χ4v) is 3.67. The number of halogens is 3. The van der Waals surface area contributed by atoms with Crippen LogP contribution in [0.2, 0.25) is 0 Å². The Morgan fingerprint density at radius 2 is 2.07 bits per heavy atom.